The summed E-state index contributed by atoms with van der Waals surface area (Å²) >= 11 is 3.42. The van der Waals surface area contributed by atoms with Crippen molar-refractivity contribution in [1.82, 2.24) is 9.55 Å². The van der Waals surface area contributed by atoms with Gasteiger partial charge in [-0.15, -0.1) is 0 Å². The number of halogens is 1. The van der Waals surface area contributed by atoms with E-state index < -0.39 is 0 Å². The molecule has 0 radical (unpaired) electrons. The molecule has 1 aromatic heterocycles. The van der Waals surface area contributed by atoms with E-state index in [-0.39, 0.29) is 0 Å². The van der Waals surface area contributed by atoms with Crippen LogP contribution in [0.15, 0.2) is 34.9 Å². The molecule has 2 aromatic rings. The van der Waals surface area contributed by atoms with Crippen LogP contribution in [-0.4, -0.2) is 23.3 Å². The summed E-state index contributed by atoms with van der Waals surface area (Å²) in [7, 11) is 1.67. The lowest BCUT2D eigenvalue weighted by Gasteiger charge is -2.09. The van der Waals surface area contributed by atoms with Gasteiger partial charge in [0.1, 0.15) is 0 Å². The van der Waals surface area contributed by atoms with Crippen molar-refractivity contribution in [1.29, 1.82) is 0 Å². The number of imidazole rings is 1. The molecule has 2 N–H and O–H groups in total. The quantitative estimate of drug-likeness (QED) is 0.943. The van der Waals surface area contributed by atoms with E-state index in [1.165, 1.54) is 0 Å². The van der Waals surface area contributed by atoms with E-state index >= 15 is 0 Å². The molecule has 0 aliphatic heterocycles. The number of nitrogens with two attached hydrogens (primary N) is 1. The number of benzene rings is 1. The SMILES string of the molecule is COCCn1c(-c2ccc(Br)cc2)cnc1N. The van der Waals surface area contributed by atoms with Crippen LogP contribution in [0.2, 0.25) is 0 Å². The third-order valence-electron chi connectivity index (χ3n) is 2.55. The number of hydrogen-bond donors (Lipinski definition) is 1. The molecule has 0 bridgehead atoms. The minimum absolute atomic E-state index is 0.514. The molecule has 0 saturated carbocycles. The zero-order valence-electron chi connectivity index (χ0n) is 9.56. The fraction of sp³-hybridized carbons (Fsp3) is 0.250. The van der Waals surface area contributed by atoms with Crippen LogP contribution in [-0.2, 0) is 11.3 Å². The fourth-order valence-electron chi connectivity index (χ4n) is 1.66. The average Bonchev–Trinajstić information content (AvgIpc) is 2.69. The minimum atomic E-state index is 0.514. The smallest absolute Gasteiger partial charge is 0.200 e. The molecule has 5 heteroatoms. The molecule has 1 aromatic carbocycles. The number of ether oxygens (including phenoxy) is 1. The molecule has 2 rings (SSSR count). The van der Waals surface area contributed by atoms with Crippen LogP contribution in [0.5, 0.6) is 0 Å². The molecule has 0 unspecified atom stereocenters. The molecule has 0 saturated heterocycles. The van der Waals surface area contributed by atoms with Crippen molar-refractivity contribution in [2.45, 2.75) is 6.54 Å². The van der Waals surface area contributed by atoms with Gasteiger partial charge in [0.05, 0.1) is 18.5 Å². The van der Waals surface area contributed by atoms with E-state index in [9.17, 15) is 0 Å². The molecule has 1 heterocycles. The first-order chi connectivity index (χ1) is 8.22. The van der Waals surface area contributed by atoms with Gasteiger partial charge in [-0.05, 0) is 17.7 Å². The highest BCUT2D eigenvalue weighted by atomic mass is 79.9. The van der Waals surface area contributed by atoms with Gasteiger partial charge in [0, 0.05) is 18.1 Å². The van der Waals surface area contributed by atoms with E-state index in [1.807, 2.05) is 28.8 Å². The van der Waals surface area contributed by atoms with Gasteiger partial charge in [-0.3, -0.25) is 0 Å². The Kier molecular flexibility index (Phi) is 3.81. The van der Waals surface area contributed by atoms with Crippen LogP contribution in [0.25, 0.3) is 11.3 Å². The first kappa shape index (κ1) is 12.1. The Morgan fingerprint density at radius 1 is 1.35 bits per heavy atom. The number of aromatic nitrogens is 2. The lowest BCUT2D eigenvalue weighted by Crippen LogP contribution is -2.09. The highest BCUT2D eigenvalue weighted by Gasteiger charge is 2.08. The number of anilines is 1. The van der Waals surface area contributed by atoms with E-state index in [4.69, 9.17) is 10.5 Å². The minimum Gasteiger partial charge on any atom is -0.383 e. The van der Waals surface area contributed by atoms with E-state index in [0.29, 0.717) is 19.1 Å². The van der Waals surface area contributed by atoms with Gasteiger partial charge >= 0.3 is 0 Å². The van der Waals surface area contributed by atoms with Gasteiger partial charge in [-0.2, -0.15) is 0 Å². The monoisotopic (exact) mass is 295 g/mol. The van der Waals surface area contributed by atoms with Crippen molar-refractivity contribution in [2.75, 3.05) is 19.5 Å². The van der Waals surface area contributed by atoms with Crippen LogP contribution in [0.1, 0.15) is 0 Å². The van der Waals surface area contributed by atoms with Gasteiger partial charge in [0.15, 0.2) is 0 Å². The lowest BCUT2D eigenvalue weighted by atomic mass is 10.2. The zero-order chi connectivity index (χ0) is 12.3. The van der Waals surface area contributed by atoms with E-state index in [1.54, 1.807) is 13.3 Å². The van der Waals surface area contributed by atoms with Crippen molar-refractivity contribution in [3.05, 3.63) is 34.9 Å². The second kappa shape index (κ2) is 5.33. The van der Waals surface area contributed by atoms with Crippen LogP contribution in [0.3, 0.4) is 0 Å². The summed E-state index contributed by atoms with van der Waals surface area (Å²) in [6, 6.07) is 8.06. The average molecular weight is 296 g/mol. The van der Waals surface area contributed by atoms with Crippen molar-refractivity contribution in [2.24, 2.45) is 0 Å². The molecule has 0 amide bonds. The maximum absolute atomic E-state index is 5.84. The van der Waals surface area contributed by atoms with Crippen molar-refractivity contribution >= 4 is 21.9 Å². The zero-order valence-corrected chi connectivity index (χ0v) is 11.1. The fourth-order valence-corrected chi connectivity index (χ4v) is 1.92. The first-order valence-corrected chi connectivity index (χ1v) is 6.07. The highest BCUT2D eigenvalue weighted by Crippen LogP contribution is 2.23. The number of methoxy groups -OCH3 is 1. The molecule has 17 heavy (non-hydrogen) atoms. The predicted molar refractivity (Wildman–Crippen MR) is 71.7 cm³/mol. The molecule has 0 aliphatic carbocycles. The summed E-state index contributed by atoms with van der Waals surface area (Å²) in [5, 5.41) is 0. The summed E-state index contributed by atoms with van der Waals surface area (Å²) < 4.78 is 8.07. The molecular formula is C12H14BrN3O. The summed E-state index contributed by atoms with van der Waals surface area (Å²) in [4.78, 5) is 4.14. The Balaban J connectivity index is 2.34. The van der Waals surface area contributed by atoms with Crippen LogP contribution >= 0.6 is 15.9 Å². The Labute approximate surface area is 109 Å². The Morgan fingerprint density at radius 2 is 2.06 bits per heavy atom. The Bertz CT molecular complexity index is 493. The maximum Gasteiger partial charge on any atom is 0.200 e. The van der Waals surface area contributed by atoms with Crippen molar-refractivity contribution in [3.63, 3.8) is 0 Å². The molecule has 90 valence electrons. The molecule has 0 atom stereocenters. The summed E-state index contributed by atoms with van der Waals surface area (Å²) in [5.74, 6) is 0.514. The molecule has 0 fully saturated rings. The topological polar surface area (TPSA) is 53.1 Å². The van der Waals surface area contributed by atoms with Crippen molar-refractivity contribution < 1.29 is 4.74 Å². The standard InChI is InChI=1S/C12H14BrN3O/c1-17-7-6-16-11(8-15-12(16)14)9-2-4-10(13)5-3-9/h2-5,8H,6-7H2,1H3,(H2,14,15). The van der Waals surface area contributed by atoms with Crippen LogP contribution in [0.4, 0.5) is 5.95 Å². The largest absolute Gasteiger partial charge is 0.383 e. The van der Waals surface area contributed by atoms with Crippen LogP contribution in [0, 0.1) is 0 Å². The van der Waals surface area contributed by atoms with Gasteiger partial charge in [-0.25, -0.2) is 4.98 Å². The maximum atomic E-state index is 5.84. The second-order valence-electron chi connectivity index (χ2n) is 3.65. The summed E-state index contributed by atoms with van der Waals surface area (Å²) in [6.07, 6.45) is 1.79. The highest BCUT2D eigenvalue weighted by molar-refractivity contribution is 9.10. The number of nitrogens with zero attached hydrogens (tertiary/aromatic N) is 2. The molecule has 0 aliphatic rings. The van der Waals surface area contributed by atoms with E-state index in [0.717, 1.165) is 15.7 Å². The third kappa shape index (κ3) is 2.68. The van der Waals surface area contributed by atoms with Gasteiger partial charge in [0.2, 0.25) is 5.95 Å². The number of nitrogen functional groups attached to an aromatic ring is 1. The van der Waals surface area contributed by atoms with E-state index in [2.05, 4.69) is 20.9 Å². The normalized spacial score (nSPS) is 10.7. The predicted octanol–water partition coefficient (Wildman–Crippen LogP) is 2.54. The Hall–Kier alpha value is -1.33. The van der Waals surface area contributed by atoms with Crippen molar-refractivity contribution in [3.8, 4) is 11.3 Å². The van der Waals surface area contributed by atoms with Gasteiger partial charge in [-0.1, -0.05) is 28.1 Å². The second-order valence-corrected chi connectivity index (χ2v) is 4.57. The molecule has 0 spiro atoms. The Morgan fingerprint density at radius 3 is 2.71 bits per heavy atom. The molecular weight excluding hydrogens is 282 g/mol. The summed E-state index contributed by atoms with van der Waals surface area (Å²) in [5.41, 5.74) is 7.93. The lowest BCUT2D eigenvalue weighted by molar-refractivity contribution is 0.188. The number of hydrogen-bond acceptors (Lipinski definition) is 3. The summed E-state index contributed by atoms with van der Waals surface area (Å²) in [6.45, 7) is 1.32. The van der Waals surface area contributed by atoms with Gasteiger partial charge < -0.3 is 15.0 Å². The first-order valence-electron chi connectivity index (χ1n) is 5.28. The molecule has 4 nitrogen and oxygen atoms in total. The number of rotatable bonds is 4. The third-order valence-corrected chi connectivity index (χ3v) is 3.07. The van der Waals surface area contributed by atoms with Gasteiger partial charge in [0.25, 0.3) is 0 Å². The van der Waals surface area contributed by atoms with Crippen LogP contribution < -0.4 is 5.73 Å².